The average molecular weight is 241 g/mol. The fraction of sp³-hybridized carbons (Fsp3) is 0.267. The molecule has 0 spiro atoms. The van der Waals surface area contributed by atoms with E-state index in [9.17, 15) is 0 Å². The second-order valence-corrected chi connectivity index (χ2v) is 4.30. The molecular formula is C15H19N3. The molecule has 0 saturated carbocycles. The van der Waals surface area contributed by atoms with Crippen LogP contribution in [0.15, 0.2) is 54.3 Å². The third kappa shape index (κ3) is 2.94. The van der Waals surface area contributed by atoms with E-state index >= 15 is 0 Å². The van der Waals surface area contributed by atoms with Crippen molar-refractivity contribution in [3.05, 3.63) is 60.0 Å². The summed E-state index contributed by atoms with van der Waals surface area (Å²) in [6, 6.07) is 5.91. The first-order valence-electron chi connectivity index (χ1n) is 6.14. The van der Waals surface area contributed by atoms with Gasteiger partial charge in [0.25, 0.3) is 0 Å². The molecule has 1 aliphatic carbocycles. The van der Waals surface area contributed by atoms with Crippen LogP contribution in [-0.2, 0) is 0 Å². The minimum absolute atomic E-state index is 0.109. The van der Waals surface area contributed by atoms with Gasteiger partial charge in [-0.3, -0.25) is 15.6 Å². The number of allylic oxidation sites excluding steroid dienone is 3. The summed E-state index contributed by atoms with van der Waals surface area (Å²) in [7, 11) is 3.92. The van der Waals surface area contributed by atoms with Crippen molar-refractivity contribution in [3.8, 4) is 0 Å². The third-order valence-electron chi connectivity index (χ3n) is 3.25. The zero-order chi connectivity index (χ0) is 12.8. The van der Waals surface area contributed by atoms with Crippen LogP contribution in [0, 0.1) is 0 Å². The molecule has 0 atom stereocenters. The van der Waals surface area contributed by atoms with Crippen molar-refractivity contribution < 1.29 is 0 Å². The Labute approximate surface area is 108 Å². The second kappa shape index (κ2) is 5.76. The lowest BCUT2D eigenvalue weighted by atomic mass is 9.96. The van der Waals surface area contributed by atoms with Crippen molar-refractivity contribution in [1.82, 2.24) is 15.6 Å². The molecule has 0 amide bonds. The standard InChI is InChI=1S/C15H19N3/c1-16-15(17-2)10-8-13(9-11-15)6-7-14-5-3-4-12-18-14/h3-10,12,16-17H,11H2,1-2H3/b7-6+. The highest BCUT2D eigenvalue weighted by molar-refractivity contribution is 5.52. The van der Waals surface area contributed by atoms with E-state index in [1.54, 1.807) is 6.20 Å². The van der Waals surface area contributed by atoms with Crippen LogP contribution >= 0.6 is 0 Å². The van der Waals surface area contributed by atoms with Crippen molar-refractivity contribution >= 4 is 6.08 Å². The number of rotatable bonds is 4. The Hall–Kier alpha value is -1.71. The number of nitrogens with one attached hydrogen (secondary N) is 2. The lowest BCUT2D eigenvalue weighted by Crippen LogP contribution is -2.52. The van der Waals surface area contributed by atoms with E-state index in [2.05, 4.69) is 39.9 Å². The summed E-state index contributed by atoms with van der Waals surface area (Å²) < 4.78 is 0. The molecule has 3 nitrogen and oxygen atoms in total. The number of hydrogen-bond acceptors (Lipinski definition) is 3. The highest BCUT2D eigenvalue weighted by Gasteiger charge is 2.22. The van der Waals surface area contributed by atoms with Crippen LogP contribution in [-0.4, -0.2) is 24.7 Å². The highest BCUT2D eigenvalue weighted by Crippen LogP contribution is 2.19. The van der Waals surface area contributed by atoms with Crippen molar-refractivity contribution in [2.75, 3.05) is 14.1 Å². The molecular weight excluding hydrogens is 222 g/mol. The SMILES string of the molecule is CNC1(NC)C=CC(/C=C/c2ccccn2)=CC1. The van der Waals surface area contributed by atoms with Gasteiger partial charge in [-0.15, -0.1) is 0 Å². The van der Waals surface area contributed by atoms with Crippen LogP contribution in [0.2, 0.25) is 0 Å². The molecule has 0 bridgehead atoms. The van der Waals surface area contributed by atoms with Crippen molar-refractivity contribution in [1.29, 1.82) is 0 Å². The summed E-state index contributed by atoms with van der Waals surface area (Å²) >= 11 is 0. The molecule has 1 aromatic heterocycles. The molecule has 1 heterocycles. The molecule has 3 heteroatoms. The first-order chi connectivity index (χ1) is 8.78. The Kier molecular flexibility index (Phi) is 4.07. The van der Waals surface area contributed by atoms with Gasteiger partial charge in [-0.2, -0.15) is 0 Å². The third-order valence-corrected chi connectivity index (χ3v) is 3.25. The Balaban J connectivity index is 2.04. The molecule has 0 saturated heterocycles. The maximum atomic E-state index is 4.26. The average Bonchev–Trinajstić information content (AvgIpc) is 2.47. The minimum Gasteiger partial charge on any atom is -0.299 e. The molecule has 1 aliphatic rings. The predicted octanol–water partition coefficient (Wildman–Crippen LogP) is 2.12. The molecule has 0 fully saturated rings. The van der Waals surface area contributed by atoms with E-state index in [-0.39, 0.29) is 5.66 Å². The smallest absolute Gasteiger partial charge is 0.0912 e. The van der Waals surface area contributed by atoms with Gasteiger partial charge >= 0.3 is 0 Å². The summed E-state index contributed by atoms with van der Waals surface area (Å²) in [4.78, 5) is 4.26. The summed E-state index contributed by atoms with van der Waals surface area (Å²) in [5, 5.41) is 6.56. The Morgan fingerprint density at radius 3 is 2.61 bits per heavy atom. The zero-order valence-corrected chi connectivity index (χ0v) is 10.9. The maximum Gasteiger partial charge on any atom is 0.0912 e. The van der Waals surface area contributed by atoms with E-state index in [4.69, 9.17) is 0 Å². The number of nitrogens with zero attached hydrogens (tertiary/aromatic N) is 1. The quantitative estimate of drug-likeness (QED) is 0.793. The largest absolute Gasteiger partial charge is 0.299 e. The van der Waals surface area contributed by atoms with Gasteiger partial charge < -0.3 is 0 Å². The molecule has 0 aliphatic heterocycles. The number of hydrogen-bond donors (Lipinski definition) is 2. The lowest BCUT2D eigenvalue weighted by molar-refractivity contribution is 0.376. The van der Waals surface area contributed by atoms with E-state index in [0.29, 0.717) is 0 Å². The first kappa shape index (κ1) is 12.7. The normalized spacial score (nSPS) is 18.0. The summed E-state index contributed by atoms with van der Waals surface area (Å²) in [6.07, 6.45) is 13.3. The van der Waals surface area contributed by atoms with Gasteiger partial charge in [0.05, 0.1) is 11.4 Å². The van der Waals surface area contributed by atoms with Crippen LogP contribution in [0.3, 0.4) is 0 Å². The van der Waals surface area contributed by atoms with E-state index < -0.39 is 0 Å². The fourth-order valence-corrected chi connectivity index (χ4v) is 1.93. The van der Waals surface area contributed by atoms with Gasteiger partial charge in [0.15, 0.2) is 0 Å². The topological polar surface area (TPSA) is 37.0 Å². The van der Waals surface area contributed by atoms with Crippen molar-refractivity contribution in [3.63, 3.8) is 0 Å². The van der Waals surface area contributed by atoms with E-state index in [1.165, 1.54) is 5.57 Å². The van der Waals surface area contributed by atoms with Gasteiger partial charge in [-0.25, -0.2) is 0 Å². The molecule has 1 aromatic rings. The minimum atomic E-state index is -0.109. The van der Waals surface area contributed by atoms with Crippen LogP contribution in [0.4, 0.5) is 0 Å². The number of likely N-dealkylation sites (N-methyl/N-ethyl adjacent to an activating group) is 2. The van der Waals surface area contributed by atoms with Crippen LogP contribution in [0.5, 0.6) is 0 Å². The summed E-state index contributed by atoms with van der Waals surface area (Å²) in [5.74, 6) is 0. The van der Waals surface area contributed by atoms with Gasteiger partial charge in [-0.1, -0.05) is 24.3 Å². The highest BCUT2D eigenvalue weighted by atomic mass is 15.2. The van der Waals surface area contributed by atoms with Gasteiger partial charge in [-0.05, 0) is 44.0 Å². The van der Waals surface area contributed by atoms with Crippen molar-refractivity contribution in [2.45, 2.75) is 12.1 Å². The van der Waals surface area contributed by atoms with Gasteiger partial charge in [0, 0.05) is 12.6 Å². The van der Waals surface area contributed by atoms with Crippen LogP contribution in [0.1, 0.15) is 12.1 Å². The molecule has 18 heavy (non-hydrogen) atoms. The van der Waals surface area contributed by atoms with E-state index in [1.807, 2.05) is 38.4 Å². The maximum absolute atomic E-state index is 4.26. The molecule has 0 aromatic carbocycles. The molecule has 2 N–H and O–H groups in total. The Morgan fingerprint density at radius 2 is 2.06 bits per heavy atom. The molecule has 2 rings (SSSR count). The van der Waals surface area contributed by atoms with Crippen molar-refractivity contribution in [2.24, 2.45) is 0 Å². The van der Waals surface area contributed by atoms with E-state index in [0.717, 1.165) is 12.1 Å². The summed E-state index contributed by atoms with van der Waals surface area (Å²) in [5.41, 5.74) is 2.08. The van der Waals surface area contributed by atoms with Gasteiger partial charge in [0.1, 0.15) is 0 Å². The molecule has 94 valence electrons. The molecule has 0 unspecified atom stereocenters. The fourth-order valence-electron chi connectivity index (χ4n) is 1.93. The van der Waals surface area contributed by atoms with Crippen LogP contribution in [0.25, 0.3) is 6.08 Å². The number of aromatic nitrogens is 1. The zero-order valence-electron chi connectivity index (χ0n) is 10.9. The second-order valence-electron chi connectivity index (χ2n) is 4.30. The first-order valence-corrected chi connectivity index (χ1v) is 6.14. The monoisotopic (exact) mass is 241 g/mol. The molecule has 0 radical (unpaired) electrons. The Bertz CT molecular complexity index is 468. The number of pyridine rings is 1. The van der Waals surface area contributed by atoms with Gasteiger partial charge in [0.2, 0.25) is 0 Å². The summed E-state index contributed by atoms with van der Waals surface area (Å²) in [6.45, 7) is 0. The predicted molar refractivity (Wildman–Crippen MR) is 76.0 cm³/mol. The lowest BCUT2D eigenvalue weighted by Gasteiger charge is -2.31. The van der Waals surface area contributed by atoms with Crippen LogP contribution < -0.4 is 10.6 Å². The Morgan fingerprint density at radius 1 is 1.22 bits per heavy atom.